The van der Waals surface area contributed by atoms with E-state index in [1.807, 2.05) is 0 Å². The normalized spacial score (nSPS) is 9.31. The molecule has 7 heteroatoms. The maximum atomic E-state index is 11.1. The summed E-state index contributed by atoms with van der Waals surface area (Å²) < 4.78 is 0. The fourth-order valence-corrected chi connectivity index (χ4v) is 0.968. The zero-order valence-corrected chi connectivity index (χ0v) is 8.39. The van der Waals surface area contributed by atoms with Crippen LogP contribution in [0.1, 0.15) is 0 Å². The summed E-state index contributed by atoms with van der Waals surface area (Å²) in [6.07, 6.45) is 0. The molecule has 0 aliphatic heterocycles. The number of nitrogens with zero attached hydrogens (tertiary/aromatic N) is 1. The van der Waals surface area contributed by atoms with Crippen LogP contribution in [0.3, 0.4) is 0 Å². The van der Waals surface area contributed by atoms with Gasteiger partial charge in [0, 0.05) is 24.9 Å². The minimum atomic E-state index is -0.823. The van der Waals surface area contributed by atoms with Crippen molar-refractivity contribution in [1.82, 2.24) is 5.32 Å². The topological polar surface area (TPSA) is 101 Å². The highest BCUT2D eigenvalue weighted by Crippen LogP contribution is 2.15. The van der Waals surface area contributed by atoms with Crippen molar-refractivity contribution in [1.29, 1.82) is 0 Å². The van der Waals surface area contributed by atoms with Crippen molar-refractivity contribution >= 4 is 23.2 Å². The van der Waals surface area contributed by atoms with E-state index in [1.165, 1.54) is 31.3 Å². The van der Waals surface area contributed by atoms with Crippen LogP contribution in [0, 0.1) is 10.1 Å². The van der Waals surface area contributed by atoms with Crippen LogP contribution in [0.15, 0.2) is 24.3 Å². The lowest BCUT2D eigenvalue weighted by atomic mass is 10.3. The highest BCUT2D eigenvalue weighted by molar-refractivity contribution is 6.39. The van der Waals surface area contributed by atoms with Gasteiger partial charge in [-0.25, -0.2) is 0 Å². The summed E-state index contributed by atoms with van der Waals surface area (Å²) >= 11 is 0. The number of nitro benzene ring substituents is 1. The third kappa shape index (κ3) is 2.77. The number of carbonyl (C=O) groups excluding carboxylic acids is 2. The predicted molar refractivity (Wildman–Crippen MR) is 55.8 cm³/mol. The van der Waals surface area contributed by atoms with E-state index in [0.717, 1.165) is 0 Å². The highest BCUT2D eigenvalue weighted by Gasteiger charge is 2.11. The number of nitrogens with one attached hydrogen (secondary N) is 2. The third-order valence-corrected chi connectivity index (χ3v) is 1.77. The van der Waals surface area contributed by atoms with Gasteiger partial charge in [0.15, 0.2) is 0 Å². The Kier molecular flexibility index (Phi) is 3.54. The Morgan fingerprint density at radius 2 is 1.75 bits per heavy atom. The van der Waals surface area contributed by atoms with Crippen molar-refractivity contribution in [2.75, 3.05) is 12.4 Å². The van der Waals surface area contributed by atoms with Gasteiger partial charge in [0.1, 0.15) is 0 Å². The summed E-state index contributed by atoms with van der Waals surface area (Å²) in [5.74, 6) is -1.60. The van der Waals surface area contributed by atoms with Crippen molar-refractivity contribution in [2.45, 2.75) is 0 Å². The molecule has 2 amide bonds. The molecule has 0 atom stereocenters. The quantitative estimate of drug-likeness (QED) is 0.427. The maximum Gasteiger partial charge on any atom is 0.313 e. The van der Waals surface area contributed by atoms with Crippen molar-refractivity contribution in [3.63, 3.8) is 0 Å². The number of likely N-dealkylation sites (N-methyl/N-ethyl adjacent to an activating group) is 1. The fraction of sp³-hybridized carbons (Fsp3) is 0.111. The van der Waals surface area contributed by atoms with Crippen LogP contribution in [0.2, 0.25) is 0 Å². The summed E-state index contributed by atoms with van der Waals surface area (Å²) in [6, 6.07) is 5.16. The average Bonchev–Trinajstić information content (AvgIpc) is 2.28. The average molecular weight is 223 g/mol. The molecule has 0 saturated heterocycles. The Morgan fingerprint density at radius 1 is 1.19 bits per heavy atom. The van der Waals surface area contributed by atoms with E-state index in [4.69, 9.17) is 0 Å². The second-order valence-corrected chi connectivity index (χ2v) is 2.84. The number of amides is 2. The lowest BCUT2D eigenvalue weighted by molar-refractivity contribution is -0.384. The minimum absolute atomic E-state index is 0.0852. The molecule has 84 valence electrons. The molecule has 0 aliphatic rings. The largest absolute Gasteiger partial charge is 0.351 e. The zero-order valence-electron chi connectivity index (χ0n) is 8.39. The molecule has 0 heterocycles. The lowest BCUT2D eigenvalue weighted by Gasteiger charge is -2.02. The minimum Gasteiger partial charge on any atom is -0.351 e. The van der Waals surface area contributed by atoms with Gasteiger partial charge in [0.25, 0.3) is 5.69 Å². The van der Waals surface area contributed by atoms with E-state index >= 15 is 0 Å². The number of non-ortho nitro benzene ring substituents is 1. The van der Waals surface area contributed by atoms with E-state index in [-0.39, 0.29) is 5.69 Å². The van der Waals surface area contributed by atoms with Crippen LogP contribution >= 0.6 is 0 Å². The Labute approximate surface area is 90.6 Å². The molecule has 16 heavy (non-hydrogen) atoms. The van der Waals surface area contributed by atoms with Crippen LogP contribution < -0.4 is 10.6 Å². The van der Waals surface area contributed by atoms with E-state index in [9.17, 15) is 19.7 Å². The molecule has 0 spiro atoms. The Hall–Kier alpha value is -2.44. The molecule has 1 rings (SSSR count). The number of hydrogen-bond donors (Lipinski definition) is 2. The Bertz CT molecular complexity index is 427. The zero-order chi connectivity index (χ0) is 12.1. The second kappa shape index (κ2) is 4.87. The smallest absolute Gasteiger partial charge is 0.313 e. The third-order valence-electron chi connectivity index (χ3n) is 1.77. The van der Waals surface area contributed by atoms with Gasteiger partial charge in [-0.1, -0.05) is 0 Å². The van der Waals surface area contributed by atoms with Crippen LogP contribution in [0.25, 0.3) is 0 Å². The van der Waals surface area contributed by atoms with Gasteiger partial charge in [-0.3, -0.25) is 19.7 Å². The monoisotopic (exact) mass is 223 g/mol. The first-order valence-corrected chi connectivity index (χ1v) is 4.32. The van der Waals surface area contributed by atoms with Gasteiger partial charge in [0.05, 0.1) is 4.92 Å². The Morgan fingerprint density at radius 3 is 2.19 bits per heavy atom. The molecular formula is C9H9N3O4. The predicted octanol–water partition coefficient (Wildman–Crippen LogP) is 0.279. The molecule has 1 aromatic carbocycles. The van der Waals surface area contributed by atoms with Gasteiger partial charge in [0.2, 0.25) is 0 Å². The fourth-order valence-electron chi connectivity index (χ4n) is 0.968. The molecule has 0 saturated carbocycles. The lowest BCUT2D eigenvalue weighted by Crippen LogP contribution is -2.32. The summed E-state index contributed by atoms with van der Waals surface area (Å²) in [4.78, 5) is 31.8. The van der Waals surface area contributed by atoms with Crippen molar-refractivity contribution in [3.05, 3.63) is 34.4 Å². The van der Waals surface area contributed by atoms with Crippen LogP contribution in [-0.4, -0.2) is 23.8 Å². The van der Waals surface area contributed by atoms with E-state index in [1.54, 1.807) is 0 Å². The first-order valence-electron chi connectivity index (χ1n) is 4.32. The highest BCUT2D eigenvalue weighted by atomic mass is 16.6. The maximum absolute atomic E-state index is 11.1. The summed E-state index contributed by atoms with van der Waals surface area (Å²) in [5, 5.41) is 14.8. The number of hydrogen-bond acceptors (Lipinski definition) is 4. The van der Waals surface area contributed by atoms with E-state index in [2.05, 4.69) is 10.6 Å². The number of rotatable bonds is 2. The number of benzene rings is 1. The summed E-state index contributed by atoms with van der Waals surface area (Å²) in [7, 11) is 1.33. The molecule has 2 N–H and O–H groups in total. The Balaban J connectivity index is 2.72. The summed E-state index contributed by atoms with van der Waals surface area (Å²) in [6.45, 7) is 0. The molecule has 0 aliphatic carbocycles. The molecule has 0 bridgehead atoms. The van der Waals surface area contributed by atoms with Gasteiger partial charge in [-0.2, -0.15) is 0 Å². The molecule has 1 aromatic rings. The molecule has 7 nitrogen and oxygen atoms in total. The molecule has 0 radical (unpaired) electrons. The van der Waals surface area contributed by atoms with E-state index in [0.29, 0.717) is 5.69 Å². The number of nitro groups is 1. The first kappa shape index (κ1) is 11.6. The standard InChI is InChI=1S/C9H9N3O4/c1-10-8(13)9(14)11-6-2-4-7(5-3-6)12(15)16/h2-5H,1H3,(H,10,13)(H,11,14). The number of carbonyl (C=O) groups is 2. The van der Waals surface area contributed by atoms with E-state index < -0.39 is 16.7 Å². The van der Waals surface area contributed by atoms with Gasteiger partial charge < -0.3 is 10.6 Å². The van der Waals surface area contributed by atoms with Crippen LogP contribution in [0.4, 0.5) is 11.4 Å². The molecular weight excluding hydrogens is 214 g/mol. The SMILES string of the molecule is CNC(=O)C(=O)Nc1ccc([N+](=O)[O-])cc1. The van der Waals surface area contributed by atoms with Crippen molar-refractivity contribution in [3.8, 4) is 0 Å². The van der Waals surface area contributed by atoms with Crippen LogP contribution in [-0.2, 0) is 9.59 Å². The molecule has 0 unspecified atom stereocenters. The first-order chi connectivity index (χ1) is 7.54. The number of anilines is 1. The molecule has 0 fully saturated rings. The van der Waals surface area contributed by atoms with Crippen LogP contribution in [0.5, 0.6) is 0 Å². The van der Waals surface area contributed by atoms with Gasteiger partial charge in [-0.05, 0) is 12.1 Å². The van der Waals surface area contributed by atoms with Crippen molar-refractivity contribution < 1.29 is 14.5 Å². The molecule has 0 aromatic heterocycles. The van der Waals surface area contributed by atoms with Gasteiger partial charge >= 0.3 is 11.8 Å². The summed E-state index contributed by atoms with van der Waals surface area (Å²) in [5.41, 5.74) is 0.233. The second-order valence-electron chi connectivity index (χ2n) is 2.84. The van der Waals surface area contributed by atoms with Crippen molar-refractivity contribution in [2.24, 2.45) is 0 Å². The van der Waals surface area contributed by atoms with Gasteiger partial charge in [-0.15, -0.1) is 0 Å².